The van der Waals surface area contributed by atoms with Crippen LogP contribution in [-0.2, 0) is 15.7 Å². The van der Waals surface area contributed by atoms with Crippen LogP contribution in [0.5, 0.6) is 0 Å². The Balaban J connectivity index is 3.00. The summed E-state index contributed by atoms with van der Waals surface area (Å²) in [4.78, 5) is 11.4. The molecule has 1 aromatic carbocycles. The quantitative estimate of drug-likeness (QED) is 0.516. The van der Waals surface area contributed by atoms with Crippen LogP contribution in [0.3, 0.4) is 0 Å². The second-order valence-electron chi connectivity index (χ2n) is 3.34. The number of carbonyl (C=O) groups excluding carboxylic acids is 1. The molecule has 0 bridgehead atoms. The smallest absolute Gasteiger partial charge is 0.416 e. The molecule has 0 atom stereocenters. The minimum atomic E-state index is -4.44. The molecule has 0 spiro atoms. The van der Waals surface area contributed by atoms with Crippen molar-refractivity contribution < 1.29 is 27.8 Å². The highest BCUT2D eigenvalue weighted by atomic mass is 19.4. The van der Waals surface area contributed by atoms with Gasteiger partial charge in [0.2, 0.25) is 0 Å². The predicted octanol–water partition coefficient (Wildman–Crippen LogP) is 3.17. The SMILES string of the molecule is CCOC(=O)/C(=C\O)c1ccc(C(F)(F)F)cc1. The Morgan fingerprint density at radius 3 is 2.28 bits per heavy atom. The second kappa shape index (κ2) is 5.57. The van der Waals surface area contributed by atoms with E-state index < -0.39 is 17.7 Å². The lowest BCUT2D eigenvalue weighted by atomic mass is 10.1. The molecular weight excluding hydrogens is 249 g/mol. The molecule has 0 heterocycles. The van der Waals surface area contributed by atoms with Gasteiger partial charge in [-0.05, 0) is 24.6 Å². The van der Waals surface area contributed by atoms with Crippen molar-refractivity contribution in [3.8, 4) is 0 Å². The number of ether oxygens (including phenoxy) is 1. The van der Waals surface area contributed by atoms with Crippen molar-refractivity contribution in [2.75, 3.05) is 6.61 Å². The maximum atomic E-state index is 12.3. The summed E-state index contributed by atoms with van der Waals surface area (Å²) in [6, 6.07) is 3.86. The molecule has 0 saturated carbocycles. The van der Waals surface area contributed by atoms with Crippen molar-refractivity contribution in [2.24, 2.45) is 0 Å². The van der Waals surface area contributed by atoms with Gasteiger partial charge in [-0.25, -0.2) is 4.79 Å². The molecule has 3 nitrogen and oxygen atoms in total. The van der Waals surface area contributed by atoms with Gasteiger partial charge in [0.25, 0.3) is 0 Å². The molecule has 18 heavy (non-hydrogen) atoms. The van der Waals surface area contributed by atoms with Gasteiger partial charge in [0.1, 0.15) is 5.57 Å². The van der Waals surface area contributed by atoms with Crippen LogP contribution in [0.2, 0.25) is 0 Å². The lowest BCUT2D eigenvalue weighted by Crippen LogP contribution is -2.08. The summed E-state index contributed by atoms with van der Waals surface area (Å²) in [5, 5.41) is 8.92. The molecular formula is C12H11F3O3. The van der Waals surface area contributed by atoms with Gasteiger partial charge in [-0.15, -0.1) is 0 Å². The van der Waals surface area contributed by atoms with Gasteiger partial charge in [0.05, 0.1) is 18.4 Å². The zero-order valence-corrected chi connectivity index (χ0v) is 9.49. The van der Waals surface area contributed by atoms with E-state index in [4.69, 9.17) is 5.11 Å². The zero-order chi connectivity index (χ0) is 13.8. The highest BCUT2D eigenvalue weighted by Gasteiger charge is 2.30. The highest BCUT2D eigenvalue weighted by molar-refractivity contribution is 6.16. The van der Waals surface area contributed by atoms with Crippen molar-refractivity contribution in [3.05, 3.63) is 41.7 Å². The van der Waals surface area contributed by atoms with Crippen LogP contribution in [0, 0.1) is 0 Å². The van der Waals surface area contributed by atoms with E-state index in [1.165, 1.54) is 0 Å². The molecule has 0 aromatic heterocycles. The van der Waals surface area contributed by atoms with Crippen molar-refractivity contribution in [3.63, 3.8) is 0 Å². The fourth-order valence-corrected chi connectivity index (χ4v) is 1.29. The van der Waals surface area contributed by atoms with Crippen LogP contribution < -0.4 is 0 Å². The van der Waals surface area contributed by atoms with E-state index in [0.29, 0.717) is 6.26 Å². The maximum absolute atomic E-state index is 12.3. The second-order valence-corrected chi connectivity index (χ2v) is 3.34. The predicted molar refractivity (Wildman–Crippen MR) is 58.7 cm³/mol. The van der Waals surface area contributed by atoms with Crippen molar-refractivity contribution >= 4 is 11.5 Å². The third-order valence-corrected chi connectivity index (χ3v) is 2.15. The van der Waals surface area contributed by atoms with Gasteiger partial charge in [0, 0.05) is 0 Å². The third kappa shape index (κ3) is 3.26. The zero-order valence-electron chi connectivity index (χ0n) is 9.49. The summed E-state index contributed by atoms with van der Waals surface area (Å²) in [6.45, 7) is 1.69. The number of aliphatic hydroxyl groups excluding tert-OH is 1. The maximum Gasteiger partial charge on any atom is 0.416 e. The minimum absolute atomic E-state index is 0.108. The lowest BCUT2D eigenvalue weighted by Gasteiger charge is -2.09. The standard InChI is InChI=1S/C12H11F3O3/c1-2-18-11(17)10(7-16)8-3-5-9(6-4-8)12(13,14)15/h3-7,16H,2H2,1H3/b10-7-. The van der Waals surface area contributed by atoms with E-state index in [9.17, 15) is 18.0 Å². The number of carbonyl (C=O) groups is 1. The number of aliphatic hydroxyl groups is 1. The molecule has 0 saturated heterocycles. The summed E-state index contributed by atoms with van der Waals surface area (Å²) < 4.78 is 41.6. The molecule has 1 rings (SSSR count). The Morgan fingerprint density at radius 2 is 1.89 bits per heavy atom. The Labute approximate surface area is 101 Å². The molecule has 0 aliphatic heterocycles. The Bertz CT molecular complexity index is 447. The molecule has 0 fully saturated rings. The first-order valence-corrected chi connectivity index (χ1v) is 5.09. The highest BCUT2D eigenvalue weighted by Crippen LogP contribution is 2.30. The van der Waals surface area contributed by atoms with Crippen LogP contribution in [0.4, 0.5) is 13.2 Å². The third-order valence-electron chi connectivity index (χ3n) is 2.15. The fraction of sp³-hybridized carbons (Fsp3) is 0.250. The first-order chi connectivity index (χ1) is 8.40. The molecule has 0 aliphatic rings. The number of hydrogen-bond acceptors (Lipinski definition) is 3. The summed E-state index contributed by atoms with van der Waals surface area (Å²) in [6.07, 6.45) is -3.92. The first-order valence-electron chi connectivity index (χ1n) is 5.09. The van der Waals surface area contributed by atoms with Crippen LogP contribution in [-0.4, -0.2) is 17.7 Å². The number of hydrogen-bond donors (Lipinski definition) is 1. The number of esters is 1. The average molecular weight is 260 g/mol. The van der Waals surface area contributed by atoms with E-state index in [1.54, 1.807) is 6.92 Å². The first kappa shape index (κ1) is 14.1. The van der Waals surface area contributed by atoms with E-state index in [0.717, 1.165) is 24.3 Å². The Hall–Kier alpha value is -1.98. The molecule has 6 heteroatoms. The van der Waals surface area contributed by atoms with Gasteiger partial charge in [-0.1, -0.05) is 12.1 Å². The molecule has 0 amide bonds. The summed E-state index contributed by atoms with van der Waals surface area (Å²) in [7, 11) is 0. The number of alkyl halides is 3. The monoisotopic (exact) mass is 260 g/mol. The van der Waals surface area contributed by atoms with Gasteiger partial charge in [-0.2, -0.15) is 13.2 Å². The summed E-state index contributed by atoms with van der Waals surface area (Å²) >= 11 is 0. The number of benzene rings is 1. The Morgan fingerprint density at radius 1 is 1.33 bits per heavy atom. The van der Waals surface area contributed by atoms with E-state index >= 15 is 0 Å². The van der Waals surface area contributed by atoms with Crippen LogP contribution in [0.15, 0.2) is 30.5 Å². The van der Waals surface area contributed by atoms with E-state index in [-0.39, 0.29) is 17.7 Å². The molecule has 0 radical (unpaired) electrons. The molecule has 0 unspecified atom stereocenters. The van der Waals surface area contributed by atoms with E-state index in [2.05, 4.69) is 4.74 Å². The molecule has 98 valence electrons. The van der Waals surface area contributed by atoms with Gasteiger partial charge in [-0.3, -0.25) is 0 Å². The Kier molecular flexibility index (Phi) is 4.36. The summed E-state index contributed by atoms with van der Waals surface area (Å²) in [5.41, 5.74) is -0.859. The minimum Gasteiger partial charge on any atom is -0.515 e. The fourth-order valence-electron chi connectivity index (χ4n) is 1.29. The number of halogens is 3. The van der Waals surface area contributed by atoms with Crippen molar-refractivity contribution in [1.82, 2.24) is 0 Å². The normalized spacial score (nSPS) is 12.3. The van der Waals surface area contributed by atoms with Gasteiger partial charge < -0.3 is 9.84 Å². The molecule has 1 N–H and O–H groups in total. The van der Waals surface area contributed by atoms with Crippen molar-refractivity contribution in [2.45, 2.75) is 13.1 Å². The van der Waals surface area contributed by atoms with Gasteiger partial charge >= 0.3 is 12.1 Å². The van der Waals surface area contributed by atoms with Crippen LogP contribution >= 0.6 is 0 Å². The summed E-state index contributed by atoms with van der Waals surface area (Å²) in [5.74, 6) is -0.792. The van der Waals surface area contributed by atoms with Gasteiger partial charge in [0.15, 0.2) is 0 Å². The van der Waals surface area contributed by atoms with Crippen LogP contribution in [0.25, 0.3) is 5.57 Å². The number of rotatable bonds is 3. The van der Waals surface area contributed by atoms with E-state index in [1.807, 2.05) is 0 Å². The lowest BCUT2D eigenvalue weighted by molar-refractivity contribution is -0.137. The molecule has 0 aliphatic carbocycles. The largest absolute Gasteiger partial charge is 0.515 e. The molecule has 1 aromatic rings. The average Bonchev–Trinajstić information content (AvgIpc) is 2.30. The van der Waals surface area contributed by atoms with Crippen molar-refractivity contribution in [1.29, 1.82) is 0 Å². The van der Waals surface area contributed by atoms with Crippen LogP contribution in [0.1, 0.15) is 18.1 Å². The topological polar surface area (TPSA) is 46.5 Å².